The number of hydrogen-bond donors (Lipinski definition) is 1. The molecule has 2 aromatic heterocycles. The van der Waals surface area contributed by atoms with Gasteiger partial charge in [0.2, 0.25) is 0 Å². The van der Waals surface area contributed by atoms with Crippen LogP contribution in [0.5, 0.6) is 11.5 Å². The first-order chi connectivity index (χ1) is 13.0. The van der Waals surface area contributed by atoms with E-state index in [2.05, 4.69) is 9.97 Å². The van der Waals surface area contributed by atoms with E-state index in [1.54, 1.807) is 18.7 Å². The van der Waals surface area contributed by atoms with E-state index in [0.717, 1.165) is 22.8 Å². The maximum atomic E-state index is 12.5. The molecule has 0 amide bonds. The van der Waals surface area contributed by atoms with Gasteiger partial charge in [-0.15, -0.1) is 23.1 Å². The van der Waals surface area contributed by atoms with Crippen LogP contribution >= 0.6 is 23.1 Å². The van der Waals surface area contributed by atoms with Crippen LogP contribution in [0.1, 0.15) is 34.4 Å². The molecule has 0 atom stereocenters. The molecule has 3 heterocycles. The van der Waals surface area contributed by atoms with Gasteiger partial charge in [0.15, 0.2) is 17.3 Å². The average Bonchev–Trinajstić information content (AvgIpc) is 2.82. The number of H-pyrrole nitrogens is 1. The van der Waals surface area contributed by atoms with Crippen LogP contribution in [-0.2, 0) is 5.75 Å². The van der Waals surface area contributed by atoms with Crippen LogP contribution < -0.4 is 15.0 Å². The van der Waals surface area contributed by atoms with Gasteiger partial charge in [0, 0.05) is 11.3 Å². The van der Waals surface area contributed by atoms with Gasteiger partial charge in [-0.05, 0) is 37.6 Å². The Morgan fingerprint density at radius 3 is 2.85 bits per heavy atom. The molecule has 0 fully saturated rings. The fourth-order valence-corrected chi connectivity index (χ4v) is 4.87. The summed E-state index contributed by atoms with van der Waals surface area (Å²) in [5.74, 6) is 2.56. The van der Waals surface area contributed by atoms with Crippen LogP contribution in [0.15, 0.2) is 27.9 Å². The van der Waals surface area contributed by atoms with Gasteiger partial charge in [-0.25, -0.2) is 4.98 Å². The van der Waals surface area contributed by atoms with Gasteiger partial charge in [-0.3, -0.25) is 9.59 Å². The monoisotopic (exact) mass is 402 g/mol. The van der Waals surface area contributed by atoms with Crippen molar-refractivity contribution in [3.63, 3.8) is 0 Å². The molecule has 1 aromatic carbocycles. The number of nitrogens with zero attached hydrogens (tertiary/aromatic N) is 1. The van der Waals surface area contributed by atoms with E-state index in [4.69, 9.17) is 9.47 Å². The van der Waals surface area contributed by atoms with Crippen LogP contribution in [-0.4, -0.2) is 29.0 Å². The maximum absolute atomic E-state index is 12.5. The minimum atomic E-state index is -0.199. The predicted octanol–water partition coefficient (Wildman–Crippen LogP) is 3.95. The van der Waals surface area contributed by atoms with E-state index in [9.17, 15) is 9.59 Å². The number of ether oxygens (including phenoxy) is 2. The number of aromatic amines is 1. The van der Waals surface area contributed by atoms with Crippen molar-refractivity contribution < 1.29 is 14.3 Å². The van der Waals surface area contributed by atoms with Crippen molar-refractivity contribution in [1.29, 1.82) is 0 Å². The highest BCUT2D eigenvalue weighted by Gasteiger charge is 2.17. The molecule has 0 radical (unpaired) electrons. The highest BCUT2D eigenvalue weighted by atomic mass is 32.2. The molecule has 6 nitrogen and oxygen atoms in total. The van der Waals surface area contributed by atoms with Crippen molar-refractivity contribution in [2.24, 2.45) is 0 Å². The minimum absolute atomic E-state index is 0.0435. The van der Waals surface area contributed by atoms with E-state index in [1.807, 2.05) is 18.2 Å². The number of Topliss-reactive ketones (excluding diaryl/α,β-unsaturated/α-hetero) is 1. The Morgan fingerprint density at radius 2 is 2.07 bits per heavy atom. The Labute approximate surface area is 163 Å². The lowest BCUT2D eigenvalue weighted by Crippen LogP contribution is -2.11. The highest BCUT2D eigenvalue weighted by Crippen LogP contribution is 2.35. The lowest BCUT2D eigenvalue weighted by molar-refractivity contribution is 0.102. The lowest BCUT2D eigenvalue weighted by atomic mass is 10.2. The summed E-state index contributed by atoms with van der Waals surface area (Å²) >= 11 is 2.83. The van der Waals surface area contributed by atoms with Gasteiger partial charge in [0.25, 0.3) is 5.56 Å². The number of carbonyl (C=O) groups is 1. The van der Waals surface area contributed by atoms with Gasteiger partial charge in [-0.1, -0.05) is 0 Å². The standard InChI is InChI=1S/C19H18N2O4S2/c1-10-16-18(23)20-15(21-19(16)27-17(10)11(2)22)9-26-12-4-5-13-14(8-12)25-7-3-6-24-13/h4-5,8H,3,6-7,9H2,1-2H3,(H,20,21,23). The van der Waals surface area contributed by atoms with E-state index in [0.29, 0.717) is 45.4 Å². The minimum Gasteiger partial charge on any atom is -0.490 e. The molecule has 1 aliphatic heterocycles. The SMILES string of the molecule is CC(=O)c1sc2nc(CSc3ccc4c(c3)OCCCO4)[nH]c(=O)c2c1C. The fraction of sp³-hybridized carbons (Fsp3) is 0.316. The number of ketones is 1. The lowest BCUT2D eigenvalue weighted by Gasteiger charge is -2.09. The van der Waals surface area contributed by atoms with E-state index in [-0.39, 0.29) is 11.3 Å². The first kappa shape index (κ1) is 18.1. The molecule has 27 heavy (non-hydrogen) atoms. The average molecular weight is 402 g/mol. The van der Waals surface area contributed by atoms with Crippen molar-refractivity contribution in [3.8, 4) is 11.5 Å². The second-order valence-electron chi connectivity index (χ2n) is 6.25. The Morgan fingerprint density at radius 1 is 1.30 bits per heavy atom. The molecule has 8 heteroatoms. The number of thiophene rings is 1. The molecule has 0 saturated carbocycles. The Kier molecular flexibility index (Phi) is 4.92. The normalized spacial score (nSPS) is 13.6. The number of hydrogen-bond acceptors (Lipinski definition) is 7. The quantitative estimate of drug-likeness (QED) is 0.526. The first-order valence-corrected chi connectivity index (χ1v) is 10.4. The van der Waals surface area contributed by atoms with E-state index in [1.165, 1.54) is 18.3 Å². The van der Waals surface area contributed by atoms with Crippen molar-refractivity contribution >= 4 is 39.1 Å². The Balaban J connectivity index is 1.58. The second kappa shape index (κ2) is 7.36. The van der Waals surface area contributed by atoms with Gasteiger partial charge >= 0.3 is 0 Å². The Bertz CT molecular complexity index is 1090. The second-order valence-corrected chi connectivity index (χ2v) is 8.30. The van der Waals surface area contributed by atoms with Crippen molar-refractivity contribution in [3.05, 3.63) is 44.8 Å². The van der Waals surface area contributed by atoms with Crippen LogP contribution in [0.25, 0.3) is 10.2 Å². The smallest absolute Gasteiger partial charge is 0.259 e. The number of thioether (sulfide) groups is 1. The molecule has 0 unspecified atom stereocenters. The zero-order valence-corrected chi connectivity index (χ0v) is 16.6. The Hall–Kier alpha value is -2.32. The zero-order chi connectivity index (χ0) is 19.0. The summed E-state index contributed by atoms with van der Waals surface area (Å²) in [5.41, 5.74) is 0.508. The predicted molar refractivity (Wildman–Crippen MR) is 107 cm³/mol. The van der Waals surface area contributed by atoms with E-state index >= 15 is 0 Å². The highest BCUT2D eigenvalue weighted by molar-refractivity contribution is 7.98. The third-order valence-corrected chi connectivity index (χ3v) is 6.56. The summed E-state index contributed by atoms with van der Waals surface area (Å²) in [6, 6.07) is 5.83. The van der Waals surface area contributed by atoms with Crippen LogP contribution in [0.2, 0.25) is 0 Å². The number of fused-ring (bicyclic) bond motifs is 2. The van der Waals surface area contributed by atoms with Crippen LogP contribution in [0.4, 0.5) is 0 Å². The number of carbonyl (C=O) groups excluding carboxylic acids is 1. The molecule has 140 valence electrons. The summed E-state index contributed by atoms with van der Waals surface area (Å²) < 4.78 is 11.4. The van der Waals surface area contributed by atoms with Gasteiger partial charge < -0.3 is 14.5 Å². The first-order valence-electron chi connectivity index (χ1n) is 8.58. The van der Waals surface area contributed by atoms with Crippen molar-refractivity contribution in [1.82, 2.24) is 9.97 Å². The van der Waals surface area contributed by atoms with E-state index < -0.39 is 0 Å². The zero-order valence-electron chi connectivity index (χ0n) is 15.0. The molecule has 0 aliphatic carbocycles. The summed E-state index contributed by atoms with van der Waals surface area (Å²) in [5, 5.41) is 0.509. The van der Waals surface area contributed by atoms with Crippen LogP contribution in [0, 0.1) is 6.92 Å². The summed E-state index contributed by atoms with van der Waals surface area (Å²) in [6.07, 6.45) is 0.866. The molecule has 4 rings (SSSR count). The third-order valence-electron chi connectivity index (χ3n) is 4.26. The van der Waals surface area contributed by atoms with Crippen molar-refractivity contribution in [2.75, 3.05) is 13.2 Å². The number of benzene rings is 1. The summed E-state index contributed by atoms with van der Waals surface area (Å²) in [6.45, 7) is 4.60. The summed E-state index contributed by atoms with van der Waals surface area (Å²) in [7, 11) is 0. The largest absolute Gasteiger partial charge is 0.490 e. The molecule has 3 aromatic rings. The number of rotatable bonds is 4. The van der Waals surface area contributed by atoms with Gasteiger partial charge in [-0.2, -0.15) is 0 Å². The van der Waals surface area contributed by atoms with Gasteiger partial charge in [0.05, 0.1) is 29.2 Å². The number of aromatic nitrogens is 2. The molecular formula is C19H18N2O4S2. The number of aryl methyl sites for hydroxylation is 1. The summed E-state index contributed by atoms with van der Waals surface area (Å²) in [4.78, 5) is 33.8. The van der Waals surface area contributed by atoms with Crippen molar-refractivity contribution in [2.45, 2.75) is 30.9 Å². The molecule has 0 bridgehead atoms. The molecule has 0 spiro atoms. The molecule has 0 saturated heterocycles. The maximum Gasteiger partial charge on any atom is 0.259 e. The molecule has 1 N–H and O–H groups in total. The molecule has 1 aliphatic rings. The topological polar surface area (TPSA) is 81.3 Å². The third kappa shape index (κ3) is 3.59. The van der Waals surface area contributed by atoms with Gasteiger partial charge in [0.1, 0.15) is 10.7 Å². The van der Waals surface area contributed by atoms with Crippen LogP contribution in [0.3, 0.4) is 0 Å². The molecular weight excluding hydrogens is 384 g/mol. The fourth-order valence-electron chi connectivity index (χ4n) is 2.98. The number of nitrogens with one attached hydrogen (secondary N) is 1.